The van der Waals surface area contributed by atoms with E-state index in [2.05, 4.69) is 0 Å². The Morgan fingerprint density at radius 2 is 1.90 bits per heavy atom. The van der Waals surface area contributed by atoms with Gasteiger partial charge in [0.25, 0.3) is 0 Å². The summed E-state index contributed by atoms with van der Waals surface area (Å²) in [7, 11) is -2.02. The molecule has 160 valence electrons. The van der Waals surface area contributed by atoms with E-state index in [1.807, 2.05) is 6.07 Å². The Morgan fingerprint density at radius 3 is 2.57 bits per heavy atom. The van der Waals surface area contributed by atoms with Crippen LogP contribution in [0.25, 0.3) is 0 Å². The number of piperidine rings is 1. The fourth-order valence-electron chi connectivity index (χ4n) is 3.60. The molecule has 7 nitrogen and oxygen atoms in total. The molecule has 1 atom stereocenters. The average molecular weight is 450 g/mol. The second-order valence-electron chi connectivity index (χ2n) is 7.42. The Hall–Kier alpha value is -2.42. The van der Waals surface area contributed by atoms with Crippen LogP contribution < -0.4 is 5.73 Å². The Morgan fingerprint density at radius 1 is 1.20 bits per heavy atom. The topological polar surface area (TPSA) is 101 Å². The minimum atomic E-state index is -3.69. The van der Waals surface area contributed by atoms with Crippen molar-refractivity contribution in [2.45, 2.75) is 24.3 Å². The first kappa shape index (κ1) is 22.3. The standard InChI is InChI=1S/C21H24ClN3O4S/c1-24(13-15-4-2-5-16(12-15)20(23)26)21(27)17-6-3-11-25(14-17)30(28,29)19-9-7-18(22)8-10-19/h2,4-5,7-10,12,17H,3,6,11,13-14H2,1H3,(H2,23,26). The van der Waals surface area contributed by atoms with E-state index in [4.69, 9.17) is 17.3 Å². The van der Waals surface area contributed by atoms with Crippen molar-refractivity contribution in [1.82, 2.24) is 9.21 Å². The van der Waals surface area contributed by atoms with Crippen LogP contribution in [0.5, 0.6) is 0 Å². The van der Waals surface area contributed by atoms with Crippen molar-refractivity contribution in [2.24, 2.45) is 11.7 Å². The van der Waals surface area contributed by atoms with E-state index in [0.29, 0.717) is 36.5 Å². The third kappa shape index (κ3) is 5.00. The first-order valence-corrected chi connectivity index (χ1v) is 11.4. The lowest BCUT2D eigenvalue weighted by Gasteiger charge is -2.33. The number of nitrogens with zero attached hydrogens (tertiary/aromatic N) is 2. The molecular formula is C21H24ClN3O4S. The number of nitrogens with two attached hydrogens (primary N) is 1. The van der Waals surface area contributed by atoms with Crippen molar-refractivity contribution in [1.29, 1.82) is 0 Å². The van der Waals surface area contributed by atoms with Crippen LogP contribution in [-0.4, -0.2) is 49.6 Å². The summed E-state index contributed by atoms with van der Waals surface area (Å²) >= 11 is 5.86. The Bertz CT molecular complexity index is 1040. The molecule has 1 fully saturated rings. The summed E-state index contributed by atoms with van der Waals surface area (Å²) < 4.78 is 27.3. The number of carbonyl (C=O) groups excluding carboxylic acids is 2. The first-order valence-electron chi connectivity index (χ1n) is 9.58. The SMILES string of the molecule is CN(Cc1cccc(C(N)=O)c1)C(=O)C1CCCN(S(=O)(=O)c2ccc(Cl)cc2)C1. The lowest BCUT2D eigenvalue weighted by Crippen LogP contribution is -2.45. The number of rotatable bonds is 6. The van der Waals surface area contributed by atoms with Gasteiger partial charge in [0.2, 0.25) is 21.8 Å². The van der Waals surface area contributed by atoms with Gasteiger partial charge in [0, 0.05) is 37.3 Å². The summed E-state index contributed by atoms with van der Waals surface area (Å²) in [6, 6.07) is 12.8. The molecule has 2 amide bonds. The predicted molar refractivity (Wildman–Crippen MR) is 114 cm³/mol. The Balaban J connectivity index is 1.70. The molecule has 2 N–H and O–H groups in total. The number of hydrogen-bond acceptors (Lipinski definition) is 4. The molecule has 2 aromatic carbocycles. The van der Waals surface area contributed by atoms with Crippen molar-refractivity contribution in [3.63, 3.8) is 0 Å². The van der Waals surface area contributed by atoms with Crippen LogP contribution in [0, 0.1) is 5.92 Å². The lowest BCUT2D eigenvalue weighted by atomic mass is 9.98. The van der Waals surface area contributed by atoms with Crippen LogP contribution in [0.15, 0.2) is 53.4 Å². The number of benzene rings is 2. The number of hydrogen-bond donors (Lipinski definition) is 1. The molecule has 1 saturated heterocycles. The van der Waals surface area contributed by atoms with E-state index in [0.717, 1.165) is 5.56 Å². The molecule has 30 heavy (non-hydrogen) atoms. The summed E-state index contributed by atoms with van der Waals surface area (Å²) in [4.78, 5) is 26.1. The Labute approximate surface area is 181 Å². The van der Waals surface area contributed by atoms with Crippen molar-refractivity contribution in [3.05, 3.63) is 64.7 Å². The van der Waals surface area contributed by atoms with E-state index in [9.17, 15) is 18.0 Å². The Kier molecular flexibility index (Phi) is 6.80. The smallest absolute Gasteiger partial charge is 0.248 e. The van der Waals surface area contributed by atoms with Crippen molar-refractivity contribution in [2.75, 3.05) is 20.1 Å². The highest BCUT2D eigenvalue weighted by Gasteiger charge is 2.34. The normalized spacial score (nSPS) is 17.5. The predicted octanol–water partition coefficient (Wildman–Crippen LogP) is 2.50. The first-order chi connectivity index (χ1) is 14.2. The zero-order valence-electron chi connectivity index (χ0n) is 16.6. The quantitative estimate of drug-likeness (QED) is 0.732. The van der Waals surface area contributed by atoms with Gasteiger partial charge in [0.15, 0.2) is 0 Å². The molecular weight excluding hydrogens is 426 g/mol. The zero-order valence-corrected chi connectivity index (χ0v) is 18.2. The van der Waals surface area contributed by atoms with Gasteiger partial charge in [-0.05, 0) is 54.8 Å². The number of primary amides is 1. The molecule has 1 heterocycles. The van der Waals surface area contributed by atoms with Crippen LogP contribution in [0.4, 0.5) is 0 Å². The molecule has 0 spiro atoms. The molecule has 1 aliphatic rings. The lowest BCUT2D eigenvalue weighted by molar-refractivity contribution is -0.135. The number of amides is 2. The summed E-state index contributed by atoms with van der Waals surface area (Å²) in [6.45, 7) is 0.814. The van der Waals surface area contributed by atoms with Crippen LogP contribution in [0.2, 0.25) is 5.02 Å². The highest BCUT2D eigenvalue weighted by molar-refractivity contribution is 7.89. The summed E-state index contributed by atoms with van der Waals surface area (Å²) in [5, 5.41) is 0.461. The van der Waals surface area contributed by atoms with Crippen molar-refractivity contribution >= 4 is 33.4 Å². The maximum absolute atomic E-state index is 13.0. The van der Waals surface area contributed by atoms with E-state index < -0.39 is 21.8 Å². The van der Waals surface area contributed by atoms with Crippen molar-refractivity contribution in [3.8, 4) is 0 Å². The minimum Gasteiger partial charge on any atom is -0.366 e. The molecule has 1 aliphatic heterocycles. The fraction of sp³-hybridized carbons (Fsp3) is 0.333. The monoisotopic (exact) mass is 449 g/mol. The molecule has 0 aromatic heterocycles. The summed E-state index contributed by atoms with van der Waals surface area (Å²) in [5.41, 5.74) is 6.48. The second kappa shape index (κ2) is 9.16. The largest absolute Gasteiger partial charge is 0.366 e. The van der Waals surface area contributed by atoms with Gasteiger partial charge in [-0.1, -0.05) is 23.7 Å². The molecule has 0 bridgehead atoms. The summed E-state index contributed by atoms with van der Waals surface area (Å²) in [5.74, 6) is -1.08. The molecule has 2 aromatic rings. The van der Waals surface area contributed by atoms with E-state index in [1.165, 1.54) is 28.6 Å². The van der Waals surface area contributed by atoms with Gasteiger partial charge in [0.05, 0.1) is 10.8 Å². The van der Waals surface area contributed by atoms with Gasteiger partial charge in [-0.15, -0.1) is 0 Å². The van der Waals surface area contributed by atoms with Crippen LogP contribution >= 0.6 is 11.6 Å². The zero-order chi connectivity index (χ0) is 21.9. The molecule has 0 aliphatic carbocycles. The average Bonchev–Trinajstić information content (AvgIpc) is 2.73. The van der Waals surface area contributed by atoms with Crippen LogP contribution in [0.1, 0.15) is 28.8 Å². The van der Waals surface area contributed by atoms with E-state index >= 15 is 0 Å². The molecule has 9 heteroatoms. The number of carbonyl (C=O) groups is 2. The van der Waals surface area contributed by atoms with Gasteiger partial charge in [0.1, 0.15) is 0 Å². The molecule has 1 unspecified atom stereocenters. The van der Waals surface area contributed by atoms with Crippen molar-refractivity contribution < 1.29 is 18.0 Å². The highest BCUT2D eigenvalue weighted by Crippen LogP contribution is 2.26. The fourth-order valence-corrected chi connectivity index (χ4v) is 5.25. The highest BCUT2D eigenvalue weighted by atomic mass is 35.5. The second-order valence-corrected chi connectivity index (χ2v) is 9.79. The maximum Gasteiger partial charge on any atom is 0.248 e. The van der Waals surface area contributed by atoms with Crippen LogP contribution in [-0.2, 0) is 21.4 Å². The number of sulfonamides is 1. The van der Waals surface area contributed by atoms with Gasteiger partial charge >= 0.3 is 0 Å². The van der Waals surface area contributed by atoms with Gasteiger partial charge in [-0.25, -0.2) is 8.42 Å². The third-order valence-electron chi connectivity index (χ3n) is 5.19. The third-order valence-corrected chi connectivity index (χ3v) is 7.32. The maximum atomic E-state index is 13.0. The molecule has 0 saturated carbocycles. The molecule has 0 radical (unpaired) electrons. The van der Waals surface area contributed by atoms with E-state index in [-0.39, 0.29) is 17.3 Å². The van der Waals surface area contributed by atoms with Gasteiger partial charge in [-0.3, -0.25) is 9.59 Å². The van der Waals surface area contributed by atoms with Gasteiger partial charge in [-0.2, -0.15) is 4.31 Å². The molecule has 3 rings (SSSR count). The number of halogens is 1. The minimum absolute atomic E-state index is 0.129. The van der Waals surface area contributed by atoms with Crippen LogP contribution in [0.3, 0.4) is 0 Å². The van der Waals surface area contributed by atoms with Gasteiger partial charge < -0.3 is 10.6 Å². The van der Waals surface area contributed by atoms with E-state index in [1.54, 1.807) is 30.1 Å². The summed E-state index contributed by atoms with van der Waals surface area (Å²) in [6.07, 6.45) is 1.23.